The second-order valence-corrected chi connectivity index (χ2v) is 6.06. The van der Waals surface area contributed by atoms with Gasteiger partial charge in [0.2, 0.25) is 5.91 Å². The molecule has 2 aliphatic rings. The van der Waals surface area contributed by atoms with Gasteiger partial charge in [-0.15, -0.1) is 0 Å². The van der Waals surface area contributed by atoms with Gasteiger partial charge in [-0.05, 0) is 57.0 Å². The maximum atomic E-state index is 11.8. The molecule has 0 aromatic heterocycles. The highest BCUT2D eigenvalue weighted by molar-refractivity contribution is 5.75. The summed E-state index contributed by atoms with van der Waals surface area (Å²) in [5.74, 6) is 1.49. The zero-order valence-corrected chi connectivity index (χ0v) is 12.1. The van der Waals surface area contributed by atoms with Crippen molar-refractivity contribution in [3.05, 3.63) is 0 Å². The first-order valence-corrected chi connectivity index (χ1v) is 7.84. The molecule has 0 bridgehead atoms. The van der Waals surface area contributed by atoms with Gasteiger partial charge in [0.25, 0.3) is 0 Å². The number of hydrogen-bond donors (Lipinski definition) is 2. The standard InChI is InChI=1S/C15H28N2O2/c1-12-7-8-16-10-13(12)11-17-15(18)6-5-14-4-2-3-9-19-14/h12-14,16H,2-11H2,1H3,(H,17,18). The highest BCUT2D eigenvalue weighted by Crippen LogP contribution is 2.18. The van der Waals surface area contributed by atoms with Crippen LogP contribution in [0.2, 0.25) is 0 Å². The normalized spacial score (nSPS) is 31.9. The smallest absolute Gasteiger partial charge is 0.220 e. The molecule has 110 valence electrons. The van der Waals surface area contributed by atoms with Gasteiger partial charge in [0.1, 0.15) is 0 Å². The maximum absolute atomic E-state index is 11.8. The second kappa shape index (κ2) is 7.85. The number of carbonyl (C=O) groups excluding carboxylic acids is 1. The van der Waals surface area contributed by atoms with Crippen molar-refractivity contribution in [2.45, 2.75) is 51.6 Å². The van der Waals surface area contributed by atoms with Crippen LogP contribution >= 0.6 is 0 Å². The summed E-state index contributed by atoms with van der Waals surface area (Å²) >= 11 is 0. The van der Waals surface area contributed by atoms with Crippen LogP contribution in [0.5, 0.6) is 0 Å². The van der Waals surface area contributed by atoms with E-state index in [1.54, 1.807) is 0 Å². The molecule has 4 heteroatoms. The molecule has 3 unspecified atom stereocenters. The number of piperidine rings is 1. The van der Waals surface area contributed by atoms with Crippen molar-refractivity contribution < 1.29 is 9.53 Å². The van der Waals surface area contributed by atoms with E-state index < -0.39 is 0 Å². The van der Waals surface area contributed by atoms with E-state index in [4.69, 9.17) is 4.74 Å². The summed E-state index contributed by atoms with van der Waals surface area (Å²) in [6.07, 6.45) is 6.57. The molecule has 2 N–H and O–H groups in total. The first kappa shape index (κ1) is 14.8. The Balaban J connectivity index is 1.58. The Morgan fingerprint density at radius 2 is 2.26 bits per heavy atom. The lowest BCUT2D eigenvalue weighted by atomic mass is 9.88. The zero-order chi connectivity index (χ0) is 13.5. The highest BCUT2D eigenvalue weighted by Gasteiger charge is 2.21. The first-order valence-electron chi connectivity index (χ1n) is 7.84. The van der Waals surface area contributed by atoms with E-state index in [1.807, 2.05) is 0 Å². The van der Waals surface area contributed by atoms with Gasteiger partial charge in [-0.1, -0.05) is 6.92 Å². The van der Waals surface area contributed by atoms with Crippen molar-refractivity contribution in [1.29, 1.82) is 0 Å². The van der Waals surface area contributed by atoms with Gasteiger partial charge < -0.3 is 15.4 Å². The van der Waals surface area contributed by atoms with Gasteiger partial charge in [0.15, 0.2) is 0 Å². The van der Waals surface area contributed by atoms with Crippen LogP contribution in [-0.4, -0.2) is 38.3 Å². The van der Waals surface area contributed by atoms with Gasteiger partial charge in [0, 0.05) is 19.6 Å². The Morgan fingerprint density at radius 1 is 1.37 bits per heavy atom. The van der Waals surface area contributed by atoms with Gasteiger partial charge in [0.05, 0.1) is 6.10 Å². The van der Waals surface area contributed by atoms with Gasteiger partial charge in [-0.2, -0.15) is 0 Å². The van der Waals surface area contributed by atoms with Crippen LogP contribution in [0.15, 0.2) is 0 Å². The molecule has 0 saturated carbocycles. The summed E-state index contributed by atoms with van der Waals surface area (Å²) in [6.45, 7) is 6.13. The van der Waals surface area contributed by atoms with Crippen molar-refractivity contribution in [3.8, 4) is 0 Å². The molecule has 4 nitrogen and oxygen atoms in total. The molecule has 3 atom stereocenters. The quantitative estimate of drug-likeness (QED) is 0.798. The fourth-order valence-electron chi connectivity index (χ4n) is 2.99. The average Bonchev–Trinajstić information content (AvgIpc) is 2.45. The number of carbonyl (C=O) groups is 1. The monoisotopic (exact) mass is 268 g/mol. The van der Waals surface area contributed by atoms with Gasteiger partial charge >= 0.3 is 0 Å². The van der Waals surface area contributed by atoms with E-state index >= 15 is 0 Å². The average molecular weight is 268 g/mol. The Hall–Kier alpha value is -0.610. The van der Waals surface area contributed by atoms with E-state index in [0.717, 1.165) is 39.1 Å². The predicted molar refractivity (Wildman–Crippen MR) is 76.0 cm³/mol. The van der Waals surface area contributed by atoms with Crippen LogP contribution in [0.3, 0.4) is 0 Å². The number of ether oxygens (including phenoxy) is 1. The minimum atomic E-state index is 0.187. The molecule has 19 heavy (non-hydrogen) atoms. The molecular formula is C15H28N2O2. The van der Waals surface area contributed by atoms with E-state index in [9.17, 15) is 4.79 Å². The predicted octanol–water partition coefficient (Wildman–Crippen LogP) is 1.70. The van der Waals surface area contributed by atoms with Crippen molar-refractivity contribution >= 4 is 5.91 Å². The van der Waals surface area contributed by atoms with E-state index in [0.29, 0.717) is 24.4 Å². The molecule has 1 amide bonds. The summed E-state index contributed by atoms with van der Waals surface area (Å²) in [7, 11) is 0. The molecule has 0 aliphatic carbocycles. The summed E-state index contributed by atoms with van der Waals surface area (Å²) in [4.78, 5) is 11.8. The van der Waals surface area contributed by atoms with Crippen LogP contribution < -0.4 is 10.6 Å². The lowest BCUT2D eigenvalue weighted by Gasteiger charge is -2.29. The largest absolute Gasteiger partial charge is 0.378 e. The fraction of sp³-hybridized carbons (Fsp3) is 0.933. The van der Waals surface area contributed by atoms with E-state index in [2.05, 4.69) is 17.6 Å². The number of amides is 1. The number of nitrogens with one attached hydrogen (secondary N) is 2. The van der Waals surface area contributed by atoms with Crippen molar-refractivity contribution in [2.75, 3.05) is 26.2 Å². The van der Waals surface area contributed by atoms with Crippen molar-refractivity contribution in [2.24, 2.45) is 11.8 Å². The van der Waals surface area contributed by atoms with Crippen LogP contribution in [0.4, 0.5) is 0 Å². The number of rotatable bonds is 5. The van der Waals surface area contributed by atoms with Crippen LogP contribution in [0, 0.1) is 11.8 Å². The number of hydrogen-bond acceptors (Lipinski definition) is 3. The lowest BCUT2D eigenvalue weighted by Crippen LogP contribution is -2.42. The zero-order valence-electron chi connectivity index (χ0n) is 12.1. The molecule has 0 aromatic rings. The van der Waals surface area contributed by atoms with Crippen molar-refractivity contribution in [3.63, 3.8) is 0 Å². The van der Waals surface area contributed by atoms with Crippen LogP contribution in [0.1, 0.15) is 45.4 Å². The molecule has 2 rings (SSSR count). The van der Waals surface area contributed by atoms with Gasteiger partial charge in [-0.3, -0.25) is 4.79 Å². The molecule has 2 heterocycles. The third-order valence-electron chi connectivity index (χ3n) is 4.52. The third-order valence-corrected chi connectivity index (χ3v) is 4.52. The van der Waals surface area contributed by atoms with E-state index in [-0.39, 0.29) is 5.91 Å². The Kier molecular flexibility index (Phi) is 6.11. The topological polar surface area (TPSA) is 50.4 Å². The fourth-order valence-corrected chi connectivity index (χ4v) is 2.99. The maximum Gasteiger partial charge on any atom is 0.220 e. The van der Waals surface area contributed by atoms with Gasteiger partial charge in [-0.25, -0.2) is 0 Å². The Bertz CT molecular complexity index is 277. The SMILES string of the molecule is CC1CCNCC1CNC(=O)CCC1CCCCO1. The lowest BCUT2D eigenvalue weighted by molar-refractivity contribution is -0.122. The molecular weight excluding hydrogens is 240 g/mol. The van der Waals surface area contributed by atoms with Crippen molar-refractivity contribution in [1.82, 2.24) is 10.6 Å². The third kappa shape index (κ3) is 5.11. The second-order valence-electron chi connectivity index (χ2n) is 6.06. The molecule has 2 fully saturated rings. The minimum Gasteiger partial charge on any atom is -0.378 e. The summed E-state index contributed by atoms with van der Waals surface area (Å²) in [5, 5.41) is 6.49. The molecule has 0 spiro atoms. The molecule has 2 aliphatic heterocycles. The molecule has 2 saturated heterocycles. The van der Waals surface area contributed by atoms with E-state index in [1.165, 1.54) is 19.3 Å². The summed E-state index contributed by atoms with van der Waals surface area (Å²) in [5.41, 5.74) is 0. The minimum absolute atomic E-state index is 0.187. The van der Waals surface area contributed by atoms with Crippen LogP contribution in [-0.2, 0) is 9.53 Å². The molecule has 0 aromatic carbocycles. The Morgan fingerprint density at radius 3 is 3.00 bits per heavy atom. The molecule has 0 radical (unpaired) electrons. The van der Waals surface area contributed by atoms with Crippen LogP contribution in [0.25, 0.3) is 0 Å². The summed E-state index contributed by atoms with van der Waals surface area (Å²) < 4.78 is 5.65. The first-order chi connectivity index (χ1) is 9.25. The Labute approximate surface area is 116 Å². The highest BCUT2D eigenvalue weighted by atomic mass is 16.5. The summed E-state index contributed by atoms with van der Waals surface area (Å²) in [6, 6.07) is 0.